The minimum absolute atomic E-state index is 0.00361. The topological polar surface area (TPSA) is 81.0 Å². The molecule has 1 amide bonds. The number of fused-ring (bicyclic) bond motifs is 1. The molecule has 1 aliphatic rings. The molecule has 1 atom stereocenters. The number of hydrogen-bond donors (Lipinski definition) is 0. The van der Waals surface area contributed by atoms with Crippen molar-refractivity contribution in [2.75, 3.05) is 11.4 Å². The van der Waals surface area contributed by atoms with Gasteiger partial charge >= 0.3 is 6.18 Å². The van der Waals surface area contributed by atoms with E-state index in [-0.39, 0.29) is 22.7 Å². The summed E-state index contributed by atoms with van der Waals surface area (Å²) in [5.41, 5.74) is 2.57. The number of thioether (sulfide) groups is 1. The average molecular weight is 475 g/mol. The van der Waals surface area contributed by atoms with E-state index >= 15 is 0 Å². The van der Waals surface area contributed by atoms with E-state index in [0.717, 1.165) is 27.6 Å². The summed E-state index contributed by atoms with van der Waals surface area (Å²) in [6.07, 6.45) is -0.925. The monoisotopic (exact) mass is 475 g/mol. The molecular weight excluding hydrogens is 455 g/mol. The van der Waals surface area contributed by atoms with E-state index in [4.69, 9.17) is 0 Å². The Hall–Kier alpha value is -3.21. The fourth-order valence-electron chi connectivity index (χ4n) is 3.74. The van der Waals surface area contributed by atoms with E-state index in [9.17, 15) is 22.8 Å². The number of pyridine rings is 1. The lowest BCUT2D eigenvalue weighted by atomic mass is 10.0. The number of carbonyl (C=O) groups excluding carboxylic acids is 2. The highest BCUT2D eigenvalue weighted by molar-refractivity contribution is 8.00. The molecule has 0 radical (unpaired) electrons. The summed E-state index contributed by atoms with van der Waals surface area (Å²) in [4.78, 5) is 30.3. The number of nitrogens with zero attached hydrogens (tertiary/aromatic N) is 5. The van der Waals surface area contributed by atoms with Gasteiger partial charge in [0.2, 0.25) is 5.91 Å². The van der Waals surface area contributed by atoms with E-state index < -0.39 is 18.0 Å². The number of anilines is 1. The second-order valence-corrected chi connectivity index (χ2v) is 8.94. The number of hydrogen-bond acceptors (Lipinski definition) is 6. The third-order valence-electron chi connectivity index (χ3n) is 5.28. The van der Waals surface area contributed by atoms with E-state index in [0.29, 0.717) is 24.1 Å². The first-order valence-corrected chi connectivity index (χ1v) is 11.0. The predicted octanol–water partition coefficient (Wildman–Crippen LogP) is 4.17. The van der Waals surface area contributed by atoms with Gasteiger partial charge in [-0.3, -0.25) is 19.1 Å². The third kappa shape index (κ3) is 4.92. The molecule has 0 unspecified atom stereocenters. The van der Waals surface area contributed by atoms with Crippen LogP contribution >= 0.6 is 11.8 Å². The minimum Gasteiger partial charge on any atom is -0.312 e. The van der Waals surface area contributed by atoms with E-state index in [1.165, 1.54) is 19.3 Å². The van der Waals surface area contributed by atoms with Gasteiger partial charge in [-0.05, 0) is 49.2 Å². The molecule has 3 aromatic rings. The van der Waals surface area contributed by atoms with Crippen LogP contribution in [0.2, 0.25) is 0 Å². The third-order valence-corrected chi connectivity index (χ3v) is 6.36. The molecule has 11 heteroatoms. The average Bonchev–Trinajstić information content (AvgIpc) is 3.36. The number of aromatic nitrogens is 4. The van der Waals surface area contributed by atoms with Crippen molar-refractivity contribution in [3.05, 3.63) is 53.9 Å². The molecule has 0 spiro atoms. The van der Waals surface area contributed by atoms with Gasteiger partial charge in [-0.2, -0.15) is 13.2 Å². The summed E-state index contributed by atoms with van der Waals surface area (Å²) >= 11 is 0.928. The standard InChI is InChI=1S/C22H20F3N5O2S/c1-13(19(32)17-3-4-18-16(11-17)7-10-29(18)14(2)31)33-21-28-27-20(15-5-8-26-9-6-15)30(21)12-22(23,24)25/h3-6,8-9,11,13H,7,10,12H2,1-2H3/t13-/m0/s1. The lowest BCUT2D eigenvalue weighted by Crippen LogP contribution is -2.25. The number of halogens is 3. The molecule has 0 bridgehead atoms. The molecule has 3 heterocycles. The Morgan fingerprint density at radius 1 is 1.15 bits per heavy atom. The van der Waals surface area contributed by atoms with Crippen LogP contribution in [0.1, 0.15) is 29.8 Å². The Balaban J connectivity index is 1.58. The van der Waals surface area contributed by atoms with E-state index in [1.54, 1.807) is 42.2 Å². The van der Waals surface area contributed by atoms with Gasteiger partial charge in [0.25, 0.3) is 0 Å². The van der Waals surface area contributed by atoms with Gasteiger partial charge < -0.3 is 4.90 Å². The van der Waals surface area contributed by atoms with Crippen LogP contribution in [0.4, 0.5) is 18.9 Å². The van der Waals surface area contributed by atoms with Gasteiger partial charge in [-0.1, -0.05) is 11.8 Å². The lowest BCUT2D eigenvalue weighted by molar-refractivity contribution is -0.141. The fraction of sp³-hybridized carbons (Fsp3) is 0.318. The Morgan fingerprint density at radius 3 is 2.55 bits per heavy atom. The summed E-state index contributed by atoms with van der Waals surface area (Å²) in [7, 11) is 0. The molecular formula is C22H20F3N5O2S. The van der Waals surface area contributed by atoms with Crippen LogP contribution in [0.25, 0.3) is 11.4 Å². The molecule has 2 aromatic heterocycles. The molecule has 1 aromatic carbocycles. The van der Waals surface area contributed by atoms with Crippen LogP contribution < -0.4 is 4.90 Å². The van der Waals surface area contributed by atoms with Gasteiger partial charge in [0.05, 0.1) is 5.25 Å². The maximum atomic E-state index is 13.3. The SMILES string of the molecule is CC(=O)N1CCc2cc(C(=O)[C@H](C)Sc3nnc(-c4ccncc4)n3CC(F)(F)F)ccc21. The Kier molecular flexibility index (Phi) is 6.24. The Morgan fingerprint density at radius 2 is 1.88 bits per heavy atom. The molecule has 0 saturated carbocycles. The normalized spacial score (nSPS) is 14.3. The van der Waals surface area contributed by atoms with Crippen molar-refractivity contribution in [3.8, 4) is 11.4 Å². The van der Waals surface area contributed by atoms with E-state index in [1.807, 2.05) is 0 Å². The molecule has 4 rings (SSSR count). The van der Waals surface area contributed by atoms with Crippen LogP contribution in [0.5, 0.6) is 0 Å². The van der Waals surface area contributed by atoms with Crippen molar-refractivity contribution in [2.24, 2.45) is 0 Å². The zero-order valence-corrected chi connectivity index (χ0v) is 18.7. The molecule has 0 saturated heterocycles. The molecule has 33 heavy (non-hydrogen) atoms. The van der Waals surface area contributed by atoms with Crippen molar-refractivity contribution in [3.63, 3.8) is 0 Å². The van der Waals surface area contributed by atoms with Crippen LogP contribution in [0.15, 0.2) is 47.9 Å². The van der Waals surface area contributed by atoms with Gasteiger partial charge in [0, 0.05) is 42.7 Å². The lowest BCUT2D eigenvalue weighted by Gasteiger charge is -2.16. The highest BCUT2D eigenvalue weighted by atomic mass is 32.2. The second-order valence-electron chi connectivity index (χ2n) is 7.63. The number of Topliss-reactive ketones (excluding diaryl/α,β-unsaturated/α-hetero) is 1. The molecule has 0 aliphatic carbocycles. The van der Waals surface area contributed by atoms with E-state index in [2.05, 4.69) is 15.2 Å². The van der Waals surface area contributed by atoms with Crippen molar-refractivity contribution < 1.29 is 22.8 Å². The Labute approximate surface area is 192 Å². The Bertz CT molecular complexity index is 1200. The number of alkyl halides is 3. The number of ketones is 1. The zero-order chi connectivity index (χ0) is 23.8. The quantitative estimate of drug-likeness (QED) is 0.393. The number of benzene rings is 1. The van der Waals surface area contributed by atoms with Crippen molar-refractivity contribution in [1.82, 2.24) is 19.7 Å². The molecule has 0 fully saturated rings. The summed E-state index contributed by atoms with van der Waals surface area (Å²) in [5.74, 6) is -0.249. The van der Waals surface area contributed by atoms with Crippen molar-refractivity contribution in [2.45, 2.75) is 43.4 Å². The first-order valence-electron chi connectivity index (χ1n) is 10.2. The molecule has 172 valence electrons. The second kappa shape index (κ2) is 8.97. The van der Waals surface area contributed by atoms with Gasteiger partial charge in [0.1, 0.15) is 6.54 Å². The molecule has 7 nitrogen and oxygen atoms in total. The highest BCUT2D eigenvalue weighted by Gasteiger charge is 2.33. The number of rotatable bonds is 6. The van der Waals surface area contributed by atoms with Gasteiger partial charge in [-0.25, -0.2) is 0 Å². The van der Waals surface area contributed by atoms with Crippen molar-refractivity contribution in [1.29, 1.82) is 0 Å². The largest absolute Gasteiger partial charge is 0.406 e. The summed E-state index contributed by atoms with van der Waals surface area (Å²) in [5, 5.41) is 7.19. The number of amides is 1. The zero-order valence-electron chi connectivity index (χ0n) is 17.8. The highest BCUT2D eigenvalue weighted by Crippen LogP contribution is 2.33. The molecule has 1 aliphatic heterocycles. The van der Waals surface area contributed by atoms with Crippen LogP contribution in [0, 0.1) is 0 Å². The summed E-state index contributed by atoms with van der Waals surface area (Å²) in [6.45, 7) is 2.40. The maximum absolute atomic E-state index is 13.3. The first kappa shape index (κ1) is 23.0. The predicted molar refractivity (Wildman–Crippen MR) is 117 cm³/mol. The summed E-state index contributed by atoms with van der Waals surface area (Å²) < 4.78 is 40.8. The van der Waals surface area contributed by atoms with Crippen LogP contribution in [0.3, 0.4) is 0 Å². The number of carbonyl (C=O) groups is 2. The van der Waals surface area contributed by atoms with Crippen LogP contribution in [-0.4, -0.2) is 49.4 Å². The molecule has 0 N–H and O–H groups in total. The van der Waals surface area contributed by atoms with Gasteiger partial charge in [-0.15, -0.1) is 10.2 Å². The summed E-state index contributed by atoms with van der Waals surface area (Å²) in [6, 6.07) is 8.23. The minimum atomic E-state index is -4.49. The van der Waals surface area contributed by atoms with Gasteiger partial charge in [0.15, 0.2) is 16.8 Å². The smallest absolute Gasteiger partial charge is 0.312 e. The maximum Gasteiger partial charge on any atom is 0.406 e. The van der Waals surface area contributed by atoms with Crippen LogP contribution in [-0.2, 0) is 17.8 Å². The first-order chi connectivity index (χ1) is 15.6. The fourth-order valence-corrected chi connectivity index (χ4v) is 4.67. The van der Waals surface area contributed by atoms with Crippen molar-refractivity contribution >= 4 is 29.1 Å².